The predicted molar refractivity (Wildman–Crippen MR) is 61.8 cm³/mol. The van der Waals surface area contributed by atoms with Crippen LogP contribution in [-0.2, 0) is 0 Å². The van der Waals surface area contributed by atoms with E-state index >= 15 is 0 Å². The van der Waals surface area contributed by atoms with Crippen molar-refractivity contribution in [1.82, 2.24) is 4.90 Å². The fourth-order valence-corrected chi connectivity index (χ4v) is 4.80. The van der Waals surface area contributed by atoms with Crippen LogP contribution in [-0.4, -0.2) is 39.5 Å². The van der Waals surface area contributed by atoms with Crippen LogP contribution in [0.5, 0.6) is 0 Å². The Bertz CT molecular complexity index is 286. The molecule has 2 heterocycles. The van der Waals surface area contributed by atoms with Crippen molar-refractivity contribution in [3.05, 3.63) is 0 Å². The average molecular weight is 225 g/mol. The maximum atomic E-state index is 10.2. The van der Waals surface area contributed by atoms with Gasteiger partial charge in [0.15, 0.2) is 5.79 Å². The van der Waals surface area contributed by atoms with E-state index in [-0.39, 0.29) is 5.54 Å². The van der Waals surface area contributed by atoms with Gasteiger partial charge in [-0.2, -0.15) is 0 Å². The van der Waals surface area contributed by atoms with Gasteiger partial charge in [-0.3, -0.25) is 4.90 Å². The van der Waals surface area contributed by atoms with E-state index in [1.54, 1.807) is 6.92 Å². The third kappa shape index (κ3) is 1.25. The Morgan fingerprint density at radius 1 is 1.19 bits per heavy atom. The summed E-state index contributed by atoms with van der Waals surface area (Å²) in [6.45, 7) is 3.76. The molecule has 1 aliphatic carbocycles. The first-order valence-corrected chi connectivity index (χ1v) is 6.75. The van der Waals surface area contributed by atoms with Crippen molar-refractivity contribution in [1.29, 1.82) is 0 Å². The van der Waals surface area contributed by atoms with E-state index < -0.39 is 5.79 Å². The summed E-state index contributed by atoms with van der Waals surface area (Å²) in [5.41, 5.74) is -0.321. The maximum absolute atomic E-state index is 10.2. The molecule has 3 unspecified atom stereocenters. The van der Waals surface area contributed by atoms with Gasteiger partial charge in [0.2, 0.25) is 0 Å². The van der Waals surface area contributed by atoms with Gasteiger partial charge in [0.05, 0.1) is 5.54 Å². The van der Waals surface area contributed by atoms with E-state index in [0.29, 0.717) is 11.8 Å². The number of fused-ring (bicyclic) bond motifs is 3. The second-order valence-electron chi connectivity index (χ2n) is 6.15. The van der Waals surface area contributed by atoms with E-state index in [1.807, 2.05) is 0 Å². The third-order valence-electron chi connectivity index (χ3n) is 5.35. The molecule has 3 fully saturated rings. The summed E-state index contributed by atoms with van der Waals surface area (Å²) in [6.07, 6.45) is 7.18. The van der Waals surface area contributed by atoms with E-state index in [4.69, 9.17) is 0 Å². The lowest BCUT2D eigenvalue weighted by Crippen LogP contribution is -2.60. The lowest BCUT2D eigenvalue weighted by molar-refractivity contribution is -0.235. The quantitative estimate of drug-likeness (QED) is 0.662. The molecule has 0 bridgehead atoms. The predicted octanol–water partition coefficient (Wildman–Crippen LogP) is 1.34. The number of aliphatic hydroxyl groups is 2. The SMILES string of the molecule is CC(O)(O)C12CCCN1CC1CCCCC12. The average Bonchev–Trinajstić information content (AvgIpc) is 2.72. The van der Waals surface area contributed by atoms with E-state index in [0.717, 1.165) is 25.9 Å². The molecule has 3 atom stereocenters. The van der Waals surface area contributed by atoms with E-state index in [1.165, 1.54) is 25.7 Å². The molecule has 2 saturated heterocycles. The molecule has 1 saturated carbocycles. The van der Waals surface area contributed by atoms with Crippen molar-refractivity contribution in [3.63, 3.8) is 0 Å². The van der Waals surface area contributed by atoms with E-state index in [2.05, 4.69) is 4.90 Å². The Kier molecular flexibility index (Phi) is 2.36. The van der Waals surface area contributed by atoms with Gasteiger partial charge in [-0.25, -0.2) is 0 Å². The van der Waals surface area contributed by atoms with Crippen LogP contribution >= 0.6 is 0 Å². The van der Waals surface area contributed by atoms with Gasteiger partial charge in [0.25, 0.3) is 0 Å². The molecular formula is C13H23NO2. The summed E-state index contributed by atoms with van der Waals surface area (Å²) in [6, 6.07) is 0. The second-order valence-corrected chi connectivity index (χ2v) is 6.15. The highest BCUT2D eigenvalue weighted by atomic mass is 16.5. The highest BCUT2D eigenvalue weighted by molar-refractivity contribution is 5.14. The molecule has 0 aromatic heterocycles. The first-order chi connectivity index (χ1) is 7.56. The van der Waals surface area contributed by atoms with Gasteiger partial charge in [-0.1, -0.05) is 12.8 Å². The monoisotopic (exact) mass is 225 g/mol. The van der Waals surface area contributed by atoms with Crippen LogP contribution in [0.4, 0.5) is 0 Å². The van der Waals surface area contributed by atoms with Crippen molar-refractivity contribution >= 4 is 0 Å². The zero-order chi connectivity index (χ0) is 11.4. The van der Waals surface area contributed by atoms with Gasteiger partial charge in [0.1, 0.15) is 0 Å². The molecule has 0 radical (unpaired) electrons. The smallest absolute Gasteiger partial charge is 0.178 e. The summed E-state index contributed by atoms with van der Waals surface area (Å²) >= 11 is 0. The largest absolute Gasteiger partial charge is 0.364 e. The van der Waals surface area contributed by atoms with Gasteiger partial charge < -0.3 is 10.2 Å². The maximum Gasteiger partial charge on any atom is 0.178 e. The summed E-state index contributed by atoms with van der Waals surface area (Å²) < 4.78 is 0. The normalized spacial score (nSPS) is 44.4. The zero-order valence-electron chi connectivity index (χ0n) is 10.2. The van der Waals surface area contributed by atoms with Crippen molar-refractivity contribution in [3.8, 4) is 0 Å². The molecule has 2 N–H and O–H groups in total. The van der Waals surface area contributed by atoms with Crippen molar-refractivity contribution < 1.29 is 10.2 Å². The molecule has 16 heavy (non-hydrogen) atoms. The Morgan fingerprint density at radius 2 is 1.94 bits per heavy atom. The fraction of sp³-hybridized carbons (Fsp3) is 1.00. The first kappa shape index (κ1) is 11.0. The molecule has 0 aromatic rings. The van der Waals surface area contributed by atoms with Crippen molar-refractivity contribution in [2.24, 2.45) is 11.8 Å². The Hall–Kier alpha value is -0.120. The topological polar surface area (TPSA) is 43.7 Å². The summed E-state index contributed by atoms with van der Waals surface area (Å²) in [5.74, 6) is -0.295. The van der Waals surface area contributed by atoms with Crippen LogP contribution in [0.15, 0.2) is 0 Å². The van der Waals surface area contributed by atoms with Crippen LogP contribution in [0.25, 0.3) is 0 Å². The first-order valence-electron chi connectivity index (χ1n) is 6.75. The zero-order valence-corrected chi connectivity index (χ0v) is 10.2. The van der Waals surface area contributed by atoms with Crippen molar-refractivity contribution in [2.75, 3.05) is 13.1 Å². The van der Waals surface area contributed by atoms with Crippen molar-refractivity contribution in [2.45, 2.75) is 56.8 Å². The molecule has 92 valence electrons. The highest BCUT2D eigenvalue weighted by Gasteiger charge is 2.63. The Balaban J connectivity index is 1.98. The van der Waals surface area contributed by atoms with Gasteiger partial charge in [-0.15, -0.1) is 0 Å². The van der Waals surface area contributed by atoms with Gasteiger partial charge in [0, 0.05) is 6.54 Å². The minimum atomic E-state index is -1.53. The number of rotatable bonds is 1. The molecule has 2 aliphatic heterocycles. The summed E-state index contributed by atoms with van der Waals surface area (Å²) in [4.78, 5) is 2.38. The third-order valence-corrected chi connectivity index (χ3v) is 5.35. The molecule has 3 heteroatoms. The van der Waals surface area contributed by atoms with Crippen LogP contribution < -0.4 is 0 Å². The molecular weight excluding hydrogens is 202 g/mol. The van der Waals surface area contributed by atoms with Crippen LogP contribution in [0.2, 0.25) is 0 Å². The Labute approximate surface area is 97.4 Å². The number of nitrogens with zero attached hydrogens (tertiary/aromatic N) is 1. The molecule has 0 spiro atoms. The van der Waals surface area contributed by atoms with Crippen LogP contribution in [0, 0.1) is 11.8 Å². The molecule has 0 amide bonds. The van der Waals surface area contributed by atoms with Gasteiger partial charge in [-0.05, 0) is 51.0 Å². The standard InChI is InChI=1S/C13H23NO2/c1-12(15,16)13-7-4-8-14(13)9-10-5-2-3-6-11(10)13/h10-11,15-16H,2-9H2,1H3. The molecule has 0 aromatic carbocycles. The van der Waals surface area contributed by atoms with E-state index in [9.17, 15) is 10.2 Å². The lowest BCUT2D eigenvalue weighted by atomic mass is 9.67. The minimum Gasteiger partial charge on any atom is -0.364 e. The highest BCUT2D eigenvalue weighted by Crippen LogP contribution is 2.55. The summed E-state index contributed by atoms with van der Waals surface area (Å²) in [5, 5.41) is 20.5. The van der Waals surface area contributed by atoms with Crippen LogP contribution in [0.3, 0.4) is 0 Å². The molecule has 3 nitrogen and oxygen atoms in total. The molecule has 3 aliphatic rings. The minimum absolute atomic E-state index is 0.321. The number of hydrogen-bond donors (Lipinski definition) is 2. The lowest BCUT2D eigenvalue weighted by Gasteiger charge is -2.46. The second kappa shape index (κ2) is 3.44. The Morgan fingerprint density at radius 3 is 2.69 bits per heavy atom. The number of hydrogen-bond acceptors (Lipinski definition) is 3. The van der Waals surface area contributed by atoms with Gasteiger partial charge >= 0.3 is 0 Å². The fourth-order valence-electron chi connectivity index (χ4n) is 4.80. The molecule has 3 rings (SSSR count). The summed E-state index contributed by atoms with van der Waals surface area (Å²) in [7, 11) is 0. The van der Waals surface area contributed by atoms with Crippen LogP contribution in [0.1, 0.15) is 45.4 Å².